The molecule has 1 unspecified atom stereocenters. The Morgan fingerprint density at radius 3 is 2.27 bits per heavy atom. The van der Waals surface area contributed by atoms with Crippen molar-refractivity contribution in [1.82, 2.24) is 4.57 Å². The van der Waals surface area contributed by atoms with Gasteiger partial charge in [-0.25, -0.2) is 0 Å². The van der Waals surface area contributed by atoms with Crippen molar-refractivity contribution in [3.05, 3.63) is 103 Å². The fraction of sp³-hybridized carbons (Fsp3) is 0.156. The second-order valence-electron chi connectivity index (χ2n) is 9.36. The first kappa shape index (κ1) is 27.0. The van der Waals surface area contributed by atoms with E-state index in [1.165, 1.54) is 11.8 Å². The highest BCUT2D eigenvalue weighted by molar-refractivity contribution is 8.00. The van der Waals surface area contributed by atoms with Crippen LogP contribution in [0.3, 0.4) is 0 Å². The number of aromatic nitrogens is 1. The van der Waals surface area contributed by atoms with Gasteiger partial charge in [-0.3, -0.25) is 14.4 Å². The van der Waals surface area contributed by atoms with Crippen molar-refractivity contribution in [3.8, 4) is 0 Å². The zero-order valence-corrected chi connectivity index (χ0v) is 22.8. The molecular formula is C32H29N3O4S. The van der Waals surface area contributed by atoms with Crippen molar-refractivity contribution in [1.29, 1.82) is 0 Å². The lowest BCUT2D eigenvalue weighted by Gasteiger charge is -2.18. The average molecular weight is 552 g/mol. The second kappa shape index (κ2) is 12.1. The normalized spacial score (nSPS) is 11.8. The Morgan fingerprint density at radius 1 is 0.775 bits per heavy atom. The molecule has 0 aliphatic heterocycles. The number of hydrogen-bond donors (Lipinski definition) is 3. The number of benzene rings is 4. The molecule has 5 rings (SSSR count). The third kappa shape index (κ3) is 6.02. The molecule has 0 radical (unpaired) electrons. The van der Waals surface area contributed by atoms with Crippen molar-refractivity contribution in [3.63, 3.8) is 0 Å². The van der Waals surface area contributed by atoms with Crippen LogP contribution >= 0.6 is 11.8 Å². The first-order valence-electron chi connectivity index (χ1n) is 13.1. The van der Waals surface area contributed by atoms with Crippen LogP contribution in [-0.2, 0) is 20.9 Å². The van der Waals surface area contributed by atoms with E-state index >= 15 is 0 Å². The number of aryl methyl sites for hydroxylation is 1. The number of carboxylic acid groups (broad SMARTS) is 1. The van der Waals surface area contributed by atoms with Gasteiger partial charge < -0.3 is 20.3 Å². The van der Waals surface area contributed by atoms with E-state index in [1.54, 1.807) is 18.2 Å². The maximum absolute atomic E-state index is 13.7. The Kier molecular flexibility index (Phi) is 8.17. The number of carboxylic acids is 1. The van der Waals surface area contributed by atoms with Gasteiger partial charge in [0.1, 0.15) is 5.25 Å². The van der Waals surface area contributed by atoms with Gasteiger partial charge in [0.2, 0.25) is 11.8 Å². The molecule has 40 heavy (non-hydrogen) atoms. The second-order valence-corrected chi connectivity index (χ2v) is 10.5. The molecule has 1 atom stereocenters. The average Bonchev–Trinajstić information content (AvgIpc) is 3.28. The topological polar surface area (TPSA) is 100 Å². The number of fused-ring (bicyclic) bond motifs is 3. The summed E-state index contributed by atoms with van der Waals surface area (Å²) in [5, 5.41) is 16.4. The van der Waals surface area contributed by atoms with E-state index in [2.05, 4.69) is 40.3 Å². The minimum Gasteiger partial charge on any atom is -0.481 e. The first-order valence-corrected chi connectivity index (χ1v) is 14.0. The summed E-state index contributed by atoms with van der Waals surface area (Å²) in [6.07, 6.45) is -0.343. The molecule has 2 amide bonds. The molecule has 0 fully saturated rings. The third-order valence-electron chi connectivity index (χ3n) is 6.63. The van der Waals surface area contributed by atoms with E-state index in [-0.39, 0.29) is 24.7 Å². The molecule has 0 aliphatic rings. The molecule has 4 aromatic carbocycles. The largest absolute Gasteiger partial charge is 0.481 e. The maximum atomic E-state index is 13.7. The summed E-state index contributed by atoms with van der Waals surface area (Å²) < 4.78 is 2.27. The predicted molar refractivity (Wildman–Crippen MR) is 161 cm³/mol. The number of hydrogen-bond acceptors (Lipinski definition) is 4. The molecular weight excluding hydrogens is 522 g/mol. The summed E-state index contributed by atoms with van der Waals surface area (Å²) in [7, 11) is 0. The molecule has 0 saturated carbocycles. The van der Waals surface area contributed by atoms with Crippen molar-refractivity contribution >= 4 is 62.7 Å². The molecule has 5 aromatic rings. The Balaban J connectivity index is 1.40. The van der Waals surface area contributed by atoms with Crippen LogP contribution in [0.2, 0.25) is 0 Å². The fourth-order valence-corrected chi connectivity index (χ4v) is 5.89. The molecule has 1 aromatic heterocycles. The number of carbonyl (C=O) groups is 3. The number of para-hydroxylation sites is 1. The number of nitrogens with zero attached hydrogens (tertiary/aromatic N) is 1. The van der Waals surface area contributed by atoms with Gasteiger partial charge in [0.05, 0.1) is 6.42 Å². The molecule has 0 spiro atoms. The van der Waals surface area contributed by atoms with Crippen LogP contribution in [0, 0.1) is 0 Å². The molecule has 8 heteroatoms. The van der Waals surface area contributed by atoms with Crippen LogP contribution in [0.15, 0.2) is 102 Å². The molecule has 7 nitrogen and oxygen atoms in total. The monoisotopic (exact) mass is 551 g/mol. The van der Waals surface area contributed by atoms with E-state index in [9.17, 15) is 14.4 Å². The molecule has 3 N–H and O–H groups in total. The van der Waals surface area contributed by atoms with Crippen LogP contribution in [0.4, 0.5) is 11.4 Å². The van der Waals surface area contributed by atoms with Gasteiger partial charge in [-0.05, 0) is 55.0 Å². The lowest BCUT2D eigenvalue weighted by molar-refractivity contribution is -0.138. The number of rotatable bonds is 10. The zero-order valence-electron chi connectivity index (χ0n) is 22.0. The predicted octanol–water partition coefficient (Wildman–Crippen LogP) is 7.09. The van der Waals surface area contributed by atoms with Crippen molar-refractivity contribution in [2.24, 2.45) is 0 Å². The van der Waals surface area contributed by atoms with E-state index < -0.39 is 11.2 Å². The van der Waals surface area contributed by atoms with Gasteiger partial charge >= 0.3 is 5.97 Å². The third-order valence-corrected chi connectivity index (χ3v) is 7.88. The number of amides is 2. The quantitative estimate of drug-likeness (QED) is 0.161. The van der Waals surface area contributed by atoms with Gasteiger partial charge in [0.15, 0.2) is 0 Å². The van der Waals surface area contributed by atoms with Crippen molar-refractivity contribution in [2.75, 3.05) is 10.6 Å². The van der Waals surface area contributed by atoms with E-state index in [0.717, 1.165) is 44.5 Å². The van der Waals surface area contributed by atoms with Crippen molar-refractivity contribution < 1.29 is 19.5 Å². The number of nitrogens with one attached hydrogen (secondary N) is 2. The van der Waals surface area contributed by atoms with Gasteiger partial charge in [0.25, 0.3) is 0 Å². The SMILES string of the molecule is CCn1c2ccccc2c2cc(NC(=O)C(Sc3cccc(NC(=O)CCC(=O)O)c3)c3ccccc3)ccc21. The van der Waals surface area contributed by atoms with Gasteiger partial charge in [0, 0.05) is 51.0 Å². The van der Waals surface area contributed by atoms with E-state index in [4.69, 9.17) is 5.11 Å². The Hall–Kier alpha value is -4.56. The minimum absolute atomic E-state index is 0.108. The summed E-state index contributed by atoms with van der Waals surface area (Å²) in [6.45, 7) is 2.97. The lowest BCUT2D eigenvalue weighted by Crippen LogP contribution is -2.19. The Morgan fingerprint density at radius 2 is 1.50 bits per heavy atom. The van der Waals surface area contributed by atoms with E-state index in [0.29, 0.717) is 5.69 Å². The summed E-state index contributed by atoms with van der Waals surface area (Å²) in [5.74, 6) is -1.56. The molecule has 0 bridgehead atoms. The van der Waals surface area contributed by atoms with Crippen molar-refractivity contribution in [2.45, 2.75) is 36.5 Å². The summed E-state index contributed by atoms with van der Waals surface area (Å²) in [5.41, 5.74) is 4.40. The van der Waals surface area contributed by atoms with Gasteiger partial charge in [-0.2, -0.15) is 0 Å². The summed E-state index contributed by atoms with van der Waals surface area (Å²) in [6, 6.07) is 31.1. The Bertz CT molecular complexity index is 1700. The molecule has 0 aliphatic carbocycles. The maximum Gasteiger partial charge on any atom is 0.303 e. The zero-order chi connectivity index (χ0) is 28.1. The lowest BCUT2D eigenvalue weighted by atomic mass is 10.1. The Labute approximate surface area is 236 Å². The number of anilines is 2. The highest BCUT2D eigenvalue weighted by atomic mass is 32.2. The first-order chi connectivity index (χ1) is 19.4. The highest BCUT2D eigenvalue weighted by Crippen LogP contribution is 2.38. The van der Waals surface area contributed by atoms with Crippen LogP contribution in [0.5, 0.6) is 0 Å². The number of thioether (sulfide) groups is 1. The van der Waals surface area contributed by atoms with Crippen LogP contribution in [0.25, 0.3) is 21.8 Å². The molecule has 1 heterocycles. The minimum atomic E-state index is -1.02. The highest BCUT2D eigenvalue weighted by Gasteiger charge is 2.23. The summed E-state index contributed by atoms with van der Waals surface area (Å²) >= 11 is 1.38. The molecule has 202 valence electrons. The van der Waals surface area contributed by atoms with Crippen LogP contribution < -0.4 is 10.6 Å². The van der Waals surface area contributed by atoms with Gasteiger partial charge in [-0.15, -0.1) is 11.8 Å². The smallest absolute Gasteiger partial charge is 0.303 e. The molecule has 0 saturated heterocycles. The van der Waals surface area contributed by atoms with Crippen LogP contribution in [0.1, 0.15) is 30.6 Å². The number of carbonyl (C=O) groups excluding carboxylic acids is 2. The van der Waals surface area contributed by atoms with Crippen LogP contribution in [-0.4, -0.2) is 27.5 Å². The van der Waals surface area contributed by atoms with E-state index in [1.807, 2.05) is 60.7 Å². The number of aliphatic carboxylic acids is 1. The standard InChI is InChI=1S/C32H29N3O4S/c1-2-35-27-14-7-6-13-25(27)26-20-23(15-16-28(26)35)34-32(39)31(21-9-4-3-5-10-21)40-24-12-8-11-22(19-24)33-29(36)17-18-30(37)38/h3-16,19-20,31H,2,17-18H2,1H3,(H,33,36)(H,34,39)(H,37,38). The van der Waals surface area contributed by atoms with Gasteiger partial charge in [-0.1, -0.05) is 54.6 Å². The fourth-order valence-electron chi connectivity index (χ4n) is 4.81. The summed E-state index contributed by atoms with van der Waals surface area (Å²) in [4.78, 5) is 37.4.